The Morgan fingerprint density at radius 1 is 1.29 bits per heavy atom. The van der Waals surface area contributed by atoms with Crippen LogP contribution in [0.1, 0.15) is 37.7 Å². The summed E-state index contributed by atoms with van der Waals surface area (Å²) in [5.74, 6) is 1.17. The predicted molar refractivity (Wildman–Crippen MR) is 93.7 cm³/mol. The van der Waals surface area contributed by atoms with Gasteiger partial charge in [-0.2, -0.15) is 0 Å². The summed E-state index contributed by atoms with van der Waals surface area (Å²) in [6, 6.07) is 3.64. The molecule has 132 valence electrons. The maximum atomic E-state index is 12.2. The van der Waals surface area contributed by atoms with Gasteiger partial charge >= 0.3 is 0 Å². The molecule has 24 heavy (non-hydrogen) atoms. The van der Waals surface area contributed by atoms with Crippen LogP contribution in [0, 0.1) is 5.92 Å². The molecule has 1 aromatic heterocycles. The molecule has 1 amide bonds. The molecule has 2 saturated heterocycles. The zero-order valence-corrected chi connectivity index (χ0v) is 14.2. The Balaban J connectivity index is 1.47. The Bertz CT molecular complexity index is 522. The number of rotatable bonds is 5. The first-order valence-corrected chi connectivity index (χ1v) is 9.05. The number of ether oxygens (including phenoxy) is 1. The maximum absolute atomic E-state index is 12.2. The van der Waals surface area contributed by atoms with E-state index in [0.717, 1.165) is 37.3 Å². The topological polar surface area (TPSA) is 80.5 Å². The Morgan fingerprint density at radius 3 is 2.71 bits per heavy atom. The van der Waals surface area contributed by atoms with Crippen molar-refractivity contribution in [1.29, 1.82) is 0 Å². The lowest BCUT2D eigenvalue weighted by Gasteiger charge is -2.28. The van der Waals surface area contributed by atoms with Gasteiger partial charge in [0.1, 0.15) is 5.82 Å². The summed E-state index contributed by atoms with van der Waals surface area (Å²) in [6.07, 6.45) is 7.37. The third-order valence-electron chi connectivity index (χ3n) is 5.03. The van der Waals surface area contributed by atoms with Crippen molar-refractivity contribution in [2.75, 3.05) is 31.2 Å². The molecule has 6 nitrogen and oxygen atoms in total. The summed E-state index contributed by atoms with van der Waals surface area (Å²) in [5.41, 5.74) is 7.09. The zero-order chi connectivity index (χ0) is 16.8. The molecule has 0 aromatic carbocycles. The Hall–Kier alpha value is -1.66. The standard InChI is InChI=1S/C18H28N4O2/c19-17(15-6-10-24-11-7-15)18(23)21-13-14-4-5-16(20-12-14)22-8-2-1-3-9-22/h4-5,12,15,17H,1-3,6-11,13,19H2,(H,21,23). The monoisotopic (exact) mass is 332 g/mol. The normalized spacial score (nSPS) is 20.6. The van der Waals surface area contributed by atoms with E-state index in [-0.39, 0.29) is 11.8 Å². The lowest BCUT2D eigenvalue weighted by atomic mass is 9.92. The van der Waals surface area contributed by atoms with Crippen molar-refractivity contribution in [3.63, 3.8) is 0 Å². The van der Waals surface area contributed by atoms with E-state index in [1.54, 1.807) is 0 Å². The van der Waals surface area contributed by atoms with Crippen LogP contribution in [0.5, 0.6) is 0 Å². The molecular formula is C18H28N4O2. The van der Waals surface area contributed by atoms with E-state index in [9.17, 15) is 4.79 Å². The van der Waals surface area contributed by atoms with Gasteiger partial charge in [-0.15, -0.1) is 0 Å². The number of amides is 1. The van der Waals surface area contributed by atoms with Crippen molar-refractivity contribution >= 4 is 11.7 Å². The average molecular weight is 332 g/mol. The third kappa shape index (κ3) is 4.45. The van der Waals surface area contributed by atoms with E-state index in [2.05, 4.69) is 15.2 Å². The number of carbonyl (C=O) groups excluding carboxylic acids is 1. The van der Waals surface area contributed by atoms with Crippen LogP contribution in [0.15, 0.2) is 18.3 Å². The lowest BCUT2D eigenvalue weighted by molar-refractivity contribution is -0.124. The molecule has 3 N–H and O–H groups in total. The molecule has 0 saturated carbocycles. The summed E-state index contributed by atoms with van der Waals surface area (Å²) >= 11 is 0. The first-order valence-electron chi connectivity index (χ1n) is 9.05. The molecule has 2 aliphatic rings. The SMILES string of the molecule is NC(C(=O)NCc1ccc(N2CCCCC2)nc1)C1CCOCC1. The smallest absolute Gasteiger partial charge is 0.237 e. The highest BCUT2D eigenvalue weighted by atomic mass is 16.5. The van der Waals surface area contributed by atoms with Crippen LogP contribution in [0.25, 0.3) is 0 Å². The van der Waals surface area contributed by atoms with Gasteiger partial charge in [0.05, 0.1) is 6.04 Å². The second-order valence-electron chi connectivity index (χ2n) is 6.77. The molecular weight excluding hydrogens is 304 g/mol. The average Bonchev–Trinajstić information content (AvgIpc) is 2.67. The highest BCUT2D eigenvalue weighted by Gasteiger charge is 2.26. The van der Waals surface area contributed by atoms with Crippen molar-refractivity contribution in [1.82, 2.24) is 10.3 Å². The number of carbonyl (C=O) groups is 1. The van der Waals surface area contributed by atoms with Crippen LogP contribution >= 0.6 is 0 Å². The number of hydrogen-bond donors (Lipinski definition) is 2. The summed E-state index contributed by atoms with van der Waals surface area (Å²) in [5, 5.41) is 2.94. The lowest BCUT2D eigenvalue weighted by Crippen LogP contribution is -2.46. The predicted octanol–water partition coefficient (Wildman–Crippen LogP) is 1.44. The van der Waals surface area contributed by atoms with Crippen LogP contribution in [-0.2, 0) is 16.1 Å². The second-order valence-corrected chi connectivity index (χ2v) is 6.77. The Morgan fingerprint density at radius 2 is 2.04 bits per heavy atom. The number of aromatic nitrogens is 1. The summed E-state index contributed by atoms with van der Waals surface area (Å²) in [4.78, 5) is 19.1. The highest BCUT2D eigenvalue weighted by Crippen LogP contribution is 2.19. The zero-order valence-electron chi connectivity index (χ0n) is 14.2. The molecule has 2 fully saturated rings. The van der Waals surface area contributed by atoms with E-state index in [1.165, 1.54) is 19.3 Å². The number of nitrogens with zero attached hydrogens (tertiary/aromatic N) is 2. The molecule has 0 radical (unpaired) electrons. The minimum Gasteiger partial charge on any atom is -0.381 e. The largest absolute Gasteiger partial charge is 0.381 e. The van der Waals surface area contributed by atoms with Crippen LogP contribution in [0.2, 0.25) is 0 Å². The second kappa shape index (κ2) is 8.44. The van der Waals surface area contributed by atoms with Crippen molar-refractivity contribution in [3.05, 3.63) is 23.9 Å². The molecule has 0 spiro atoms. The van der Waals surface area contributed by atoms with Crippen molar-refractivity contribution in [3.8, 4) is 0 Å². The van der Waals surface area contributed by atoms with Gasteiger partial charge in [0.25, 0.3) is 0 Å². The molecule has 6 heteroatoms. The Kier molecular flexibility index (Phi) is 6.04. The number of hydrogen-bond acceptors (Lipinski definition) is 5. The minimum atomic E-state index is -0.450. The third-order valence-corrected chi connectivity index (χ3v) is 5.03. The number of piperidine rings is 1. The van der Waals surface area contributed by atoms with Crippen molar-refractivity contribution in [2.45, 2.75) is 44.7 Å². The first kappa shape index (κ1) is 17.2. The molecule has 2 aliphatic heterocycles. The first-order chi connectivity index (χ1) is 11.7. The molecule has 3 rings (SSSR count). The van der Waals surface area contributed by atoms with Gasteiger partial charge in [-0.1, -0.05) is 6.07 Å². The van der Waals surface area contributed by atoms with E-state index >= 15 is 0 Å². The van der Waals surface area contributed by atoms with Gasteiger partial charge < -0.3 is 20.7 Å². The fourth-order valence-corrected chi connectivity index (χ4v) is 3.43. The van der Waals surface area contributed by atoms with Gasteiger partial charge in [-0.25, -0.2) is 4.98 Å². The minimum absolute atomic E-state index is 0.0815. The molecule has 0 aliphatic carbocycles. The van der Waals surface area contributed by atoms with Gasteiger partial charge in [0, 0.05) is 39.0 Å². The van der Waals surface area contributed by atoms with Crippen LogP contribution in [0.3, 0.4) is 0 Å². The van der Waals surface area contributed by atoms with Gasteiger partial charge in [0.2, 0.25) is 5.91 Å². The van der Waals surface area contributed by atoms with E-state index in [1.807, 2.05) is 18.3 Å². The van der Waals surface area contributed by atoms with Crippen molar-refractivity contribution < 1.29 is 9.53 Å². The molecule has 0 bridgehead atoms. The summed E-state index contributed by atoms with van der Waals surface area (Å²) in [6.45, 7) is 4.05. The molecule has 1 unspecified atom stereocenters. The number of anilines is 1. The molecule has 1 aromatic rings. The van der Waals surface area contributed by atoms with E-state index in [4.69, 9.17) is 10.5 Å². The van der Waals surface area contributed by atoms with Crippen LogP contribution in [0.4, 0.5) is 5.82 Å². The van der Waals surface area contributed by atoms with Gasteiger partial charge in [0.15, 0.2) is 0 Å². The van der Waals surface area contributed by atoms with Gasteiger partial charge in [-0.05, 0) is 49.7 Å². The van der Waals surface area contributed by atoms with Gasteiger partial charge in [-0.3, -0.25) is 4.79 Å². The number of pyridine rings is 1. The Labute approximate surface area is 143 Å². The van der Waals surface area contributed by atoms with Crippen LogP contribution in [-0.4, -0.2) is 43.2 Å². The number of nitrogens with one attached hydrogen (secondary N) is 1. The fourth-order valence-electron chi connectivity index (χ4n) is 3.43. The highest BCUT2D eigenvalue weighted by molar-refractivity contribution is 5.81. The van der Waals surface area contributed by atoms with Crippen LogP contribution < -0.4 is 16.0 Å². The summed E-state index contributed by atoms with van der Waals surface area (Å²) in [7, 11) is 0. The number of nitrogens with two attached hydrogens (primary N) is 1. The quantitative estimate of drug-likeness (QED) is 0.853. The fraction of sp³-hybridized carbons (Fsp3) is 0.667. The molecule has 1 atom stereocenters. The maximum Gasteiger partial charge on any atom is 0.237 e. The van der Waals surface area contributed by atoms with E-state index in [0.29, 0.717) is 19.8 Å². The van der Waals surface area contributed by atoms with E-state index < -0.39 is 6.04 Å². The van der Waals surface area contributed by atoms with Crippen molar-refractivity contribution in [2.24, 2.45) is 11.7 Å². The summed E-state index contributed by atoms with van der Waals surface area (Å²) < 4.78 is 5.32. The molecule has 3 heterocycles.